The summed E-state index contributed by atoms with van der Waals surface area (Å²) in [5.41, 5.74) is 0. The maximum absolute atomic E-state index is 10.8. The van der Waals surface area contributed by atoms with E-state index in [2.05, 4.69) is 0 Å². The van der Waals surface area contributed by atoms with Gasteiger partial charge in [-0.25, -0.2) is 0 Å². The van der Waals surface area contributed by atoms with Crippen molar-refractivity contribution in [2.45, 2.75) is 92.1 Å². The Morgan fingerprint density at radius 2 is 0.941 bits per heavy atom. The second-order valence-electron chi connectivity index (χ2n) is 8.33. The van der Waals surface area contributed by atoms with E-state index in [0.29, 0.717) is 0 Å². The van der Waals surface area contributed by atoms with Crippen LogP contribution in [0.25, 0.3) is 0 Å². The van der Waals surface area contributed by atoms with Crippen LogP contribution < -0.4 is 0 Å². The van der Waals surface area contributed by atoms with Gasteiger partial charge in [-0.05, 0) is 0 Å². The minimum atomic E-state index is -1.90. The summed E-state index contributed by atoms with van der Waals surface area (Å²) in [4.78, 5) is 0. The summed E-state index contributed by atoms with van der Waals surface area (Å²) < 4.78 is 26.4. The highest BCUT2D eigenvalue weighted by Crippen LogP contribution is 2.32. The summed E-state index contributed by atoms with van der Waals surface area (Å²) in [7, 11) is 0. The number of ether oxygens (including phenoxy) is 5. The molecule has 6 unspecified atom stereocenters. The van der Waals surface area contributed by atoms with E-state index in [9.17, 15) is 56.2 Å². The highest BCUT2D eigenvalue weighted by atomic mass is 16.7. The quantitative estimate of drug-likeness (QED) is 0.154. The van der Waals surface area contributed by atoms with E-state index in [1.807, 2.05) is 0 Å². The van der Waals surface area contributed by atoms with Crippen molar-refractivity contribution in [2.24, 2.45) is 0 Å². The maximum atomic E-state index is 10.8. The molecule has 3 aliphatic heterocycles. The van der Waals surface area contributed by atoms with Crippen molar-refractivity contribution in [1.29, 1.82) is 0 Å². The minimum Gasteiger partial charge on any atom is -0.394 e. The molecule has 16 heteroatoms. The number of hydrogen-bond donors (Lipinski definition) is 11. The van der Waals surface area contributed by atoms with Crippen LogP contribution in [0.1, 0.15) is 0 Å². The van der Waals surface area contributed by atoms with E-state index in [1.54, 1.807) is 0 Å². The average Bonchev–Trinajstić information content (AvgIpc) is 2.83. The van der Waals surface area contributed by atoms with Crippen molar-refractivity contribution in [3.05, 3.63) is 0 Å². The summed E-state index contributed by atoms with van der Waals surface area (Å²) >= 11 is 0. The lowest BCUT2D eigenvalue weighted by atomic mass is 9.96. The fraction of sp³-hybridized carbons (Fsp3) is 1.00. The van der Waals surface area contributed by atoms with E-state index >= 15 is 0 Å². The molecule has 15 atom stereocenters. The lowest BCUT2D eigenvalue weighted by Crippen LogP contribution is -2.66. The zero-order valence-electron chi connectivity index (χ0n) is 17.7. The Morgan fingerprint density at radius 3 is 1.50 bits per heavy atom. The fourth-order valence-electron chi connectivity index (χ4n) is 4.05. The van der Waals surface area contributed by atoms with Gasteiger partial charge in [-0.2, -0.15) is 0 Å². The van der Waals surface area contributed by atoms with Crippen LogP contribution in [0.15, 0.2) is 0 Å². The van der Waals surface area contributed by atoms with Gasteiger partial charge in [-0.1, -0.05) is 0 Å². The van der Waals surface area contributed by atoms with Gasteiger partial charge in [0, 0.05) is 0 Å². The Hall–Kier alpha value is -0.640. The Balaban J connectivity index is 1.78. The first-order valence-corrected chi connectivity index (χ1v) is 10.6. The minimum absolute atomic E-state index is 0.759. The Morgan fingerprint density at radius 1 is 0.441 bits per heavy atom. The second kappa shape index (κ2) is 11.6. The molecular weight excluding hydrogens is 472 g/mol. The Labute approximate surface area is 192 Å². The van der Waals surface area contributed by atoms with Crippen LogP contribution in [-0.2, 0) is 23.7 Å². The van der Waals surface area contributed by atoms with Crippen LogP contribution in [0.2, 0.25) is 0 Å². The van der Waals surface area contributed by atoms with E-state index in [1.165, 1.54) is 0 Å². The van der Waals surface area contributed by atoms with Crippen molar-refractivity contribution in [2.75, 3.05) is 19.8 Å². The molecular formula is C18H32O16. The van der Waals surface area contributed by atoms with Crippen LogP contribution in [0.5, 0.6) is 0 Å². The van der Waals surface area contributed by atoms with Crippen LogP contribution in [-0.4, -0.2) is 168 Å². The summed E-state index contributed by atoms with van der Waals surface area (Å²) in [6, 6.07) is 0. The van der Waals surface area contributed by atoms with Crippen molar-refractivity contribution in [3.8, 4) is 0 Å². The molecule has 34 heavy (non-hydrogen) atoms. The molecule has 3 rings (SSSR count). The molecule has 3 fully saturated rings. The highest BCUT2D eigenvalue weighted by molar-refractivity contribution is 4.96. The predicted molar refractivity (Wildman–Crippen MR) is 101 cm³/mol. The molecule has 0 amide bonds. The van der Waals surface area contributed by atoms with Gasteiger partial charge in [0.1, 0.15) is 73.2 Å². The first-order valence-electron chi connectivity index (χ1n) is 10.6. The zero-order valence-corrected chi connectivity index (χ0v) is 17.7. The summed E-state index contributed by atoms with van der Waals surface area (Å²) in [5, 5.41) is 109. The van der Waals surface area contributed by atoms with Crippen molar-refractivity contribution < 1.29 is 79.9 Å². The summed E-state index contributed by atoms with van der Waals surface area (Å²) in [5.74, 6) is 0. The Bertz CT molecular complexity index is 637. The van der Waals surface area contributed by atoms with Gasteiger partial charge in [-0.3, -0.25) is 0 Å². The first kappa shape index (κ1) is 27.9. The number of aliphatic hydroxyl groups is 11. The standard InChI is InChI=1S/C18H32O16/c19-1-4-7(22)9(24)12(27)17(31-4)34-15-8(23)5(2-20)32-18(13(15)28)33-14-6(3-21)30-16(29)11(26)10(14)25/h4-29H,1-3H2/t4?,5?,6?,7-,8-,9-,10+,11?,12?,13?,14+,15-,16+,17+,18-/m0/s1. The molecule has 0 aromatic heterocycles. The van der Waals surface area contributed by atoms with Crippen molar-refractivity contribution in [1.82, 2.24) is 0 Å². The molecule has 3 heterocycles. The van der Waals surface area contributed by atoms with Gasteiger partial charge in [0.2, 0.25) is 0 Å². The Kier molecular flexibility index (Phi) is 9.54. The highest BCUT2D eigenvalue weighted by Gasteiger charge is 2.53. The molecule has 0 radical (unpaired) electrons. The molecule has 3 aliphatic rings. The van der Waals surface area contributed by atoms with E-state index in [0.717, 1.165) is 0 Å². The average molecular weight is 504 g/mol. The molecule has 11 N–H and O–H groups in total. The normalized spacial score (nSPS) is 52.5. The molecule has 0 bridgehead atoms. The predicted octanol–water partition coefficient (Wildman–Crippen LogP) is -7.57. The topological polar surface area (TPSA) is 269 Å². The van der Waals surface area contributed by atoms with E-state index in [-0.39, 0.29) is 0 Å². The van der Waals surface area contributed by atoms with Gasteiger partial charge in [0.25, 0.3) is 0 Å². The van der Waals surface area contributed by atoms with Gasteiger partial charge in [0.15, 0.2) is 18.9 Å². The number of hydrogen-bond acceptors (Lipinski definition) is 16. The smallest absolute Gasteiger partial charge is 0.187 e. The number of aliphatic hydroxyl groups excluding tert-OH is 11. The van der Waals surface area contributed by atoms with Crippen LogP contribution in [0.4, 0.5) is 0 Å². The third-order valence-corrected chi connectivity index (χ3v) is 6.09. The van der Waals surface area contributed by atoms with E-state index in [4.69, 9.17) is 23.7 Å². The largest absolute Gasteiger partial charge is 0.394 e. The maximum Gasteiger partial charge on any atom is 0.187 e. The van der Waals surface area contributed by atoms with Gasteiger partial charge < -0.3 is 79.9 Å². The lowest BCUT2D eigenvalue weighted by molar-refractivity contribution is -0.378. The lowest BCUT2D eigenvalue weighted by Gasteiger charge is -2.47. The molecule has 3 saturated heterocycles. The molecule has 0 saturated carbocycles. The van der Waals surface area contributed by atoms with Gasteiger partial charge in [0.05, 0.1) is 19.8 Å². The molecule has 0 spiro atoms. The first-order chi connectivity index (χ1) is 16.0. The fourth-order valence-corrected chi connectivity index (χ4v) is 4.05. The number of rotatable bonds is 7. The van der Waals surface area contributed by atoms with Gasteiger partial charge >= 0.3 is 0 Å². The third-order valence-electron chi connectivity index (χ3n) is 6.09. The van der Waals surface area contributed by atoms with Crippen LogP contribution in [0.3, 0.4) is 0 Å². The van der Waals surface area contributed by atoms with Crippen LogP contribution >= 0.6 is 0 Å². The molecule has 200 valence electrons. The molecule has 0 aromatic carbocycles. The van der Waals surface area contributed by atoms with E-state index < -0.39 is 112 Å². The zero-order chi connectivity index (χ0) is 25.3. The summed E-state index contributed by atoms with van der Waals surface area (Å²) in [6.07, 6.45) is -25.4. The van der Waals surface area contributed by atoms with Crippen LogP contribution in [0, 0.1) is 0 Å². The monoisotopic (exact) mass is 504 g/mol. The molecule has 0 aromatic rings. The summed E-state index contributed by atoms with van der Waals surface area (Å²) in [6.45, 7) is -2.34. The third kappa shape index (κ3) is 5.37. The van der Waals surface area contributed by atoms with Crippen molar-refractivity contribution in [3.63, 3.8) is 0 Å². The molecule has 16 nitrogen and oxygen atoms in total. The molecule has 0 aliphatic carbocycles. The van der Waals surface area contributed by atoms with Crippen molar-refractivity contribution >= 4 is 0 Å². The second-order valence-corrected chi connectivity index (χ2v) is 8.33. The van der Waals surface area contributed by atoms with Gasteiger partial charge in [-0.15, -0.1) is 0 Å². The SMILES string of the molecule is OCC1O[C@@H](O)C(O)[C@@H](O)[C@@H]1O[C@@H]1OC(CO)[C@H](O)[C@H](O[C@H]2OC(CO)[C@H](O)[C@H](O)C2O)C1O.